The molecule has 18 heteroatoms. The minimum atomic E-state index is -0.721. The Kier molecular flexibility index (Phi) is 21.0. The van der Waals surface area contributed by atoms with Gasteiger partial charge in [0.1, 0.15) is 0 Å². The molecule has 0 atom stereocenters. The molecule has 14 nitrogen and oxygen atoms in total. The topological polar surface area (TPSA) is 183 Å². The van der Waals surface area contributed by atoms with Gasteiger partial charge in [-0.15, -0.1) is 0 Å². The molecule has 6 rings (SSSR count). The number of benzene rings is 4. The fourth-order valence-corrected chi connectivity index (χ4v) is 8.56. The van der Waals surface area contributed by atoms with Crippen LogP contribution in [0, 0.1) is 50.9 Å². The molecule has 2 aliphatic rings. The van der Waals surface area contributed by atoms with Crippen LogP contribution in [0.4, 0.5) is 0 Å². The minimum Gasteiger partial charge on any atom is -0.512 e. The van der Waals surface area contributed by atoms with Crippen molar-refractivity contribution in [1.82, 2.24) is 20.9 Å². The maximum absolute atomic E-state index is 13.5. The number of alkyl halides is 1. The normalized spacial score (nSPS) is 15.9. The summed E-state index contributed by atoms with van der Waals surface area (Å²) in [6.45, 7) is 39.6. The van der Waals surface area contributed by atoms with Crippen LogP contribution in [0.2, 0.25) is 0 Å². The Morgan fingerprint density at radius 2 is 0.851 bits per heavy atom. The number of aryl methyl sites for hydroxylation is 4. The Hall–Kier alpha value is -4.81. The number of hydrogen-bond acceptors (Lipinski definition) is 10. The van der Waals surface area contributed by atoms with E-state index >= 15 is 0 Å². The molecule has 0 radical (unpaired) electrons. The van der Waals surface area contributed by atoms with E-state index in [4.69, 9.17) is 30.5 Å². The van der Waals surface area contributed by atoms with Crippen LogP contribution in [0.1, 0.15) is 172 Å². The zero-order valence-electron chi connectivity index (χ0n) is 46.9. The van der Waals surface area contributed by atoms with Gasteiger partial charge in [-0.25, -0.2) is 10.0 Å². The summed E-state index contributed by atoms with van der Waals surface area (Å²) < 4.78 is 24.9. The third-order valence-electron chi connectivity index (χ3n) is 13.4. The average molecular weight is 1080 g/mol. The summed E-state index contributed by atoms with van der Waals surface area (Å²) in [4.78, 5) is 53.7. The second-order valence-electron chi connectivity index (χ2n) is 22.7. The van der Waals surface area contributed by atoms with E-state index < -0.39 is 53.6 Å². The number of nitriles is 1. The SMILES string of the molecule is Cc1cc(C)cc(C(=O)N(NC(=O)c2ccc(CBr)c(B3OC(C)(C)C(C)(C)O3)c2)C(C)(C)C)c1.Cc1cc(C)cc(C(=O)N(NC(=O)c2ccc(CC#N)c(B3OC(C)(C)C(C)(C)O3)c2)C(C)(C)C)c1.[C-]#N.[Na+]. The van der Waals surface area contributed by atoms with Crippen LogP contribution in [-0.4, -0.2) is 81.4 Å². The zero-order valence-corrected chi connectivity index (χ0v) is 50.5. The summed E-state index contributed by atoms with van der Waals surface area (Å²) in [5.41, 5.74) is 11.0. The number of nitrogens with zero attached hydrogens (tertiary/aromatic N) is 4. The summed E-state index contributed by atoms with van der Waals surface area (Å²) in [5, 5.41) is 18.9. The molecule has 2 aliphatic heterocycles. The summed E-state index contributed by atoms with van der Waals surface area (Å²) in [5.74, 6) is -1.38. The Bertz CT molecular complexity index is 2720. The molecule has 74 heavy (non-hydrogen) atoms. The van der Waals surface area contributed by atoms with E-state index in [0.29, 0.717) is 33.0 Å². The van der Waals surface area contributed by atoms with E-state index in [-0.39, 0.29) is 53.7 Å². The maximum atomic E-state index is 13.5. The molecule has 4 aromatic carbocycles. The van der Waals surface area contributed by atoms with Crippen molar-refractivity contribution in [3.8, 4) is 6.07 Å². The van der Waals surface area contributed by atoms with Gasteiger partial charge in [0.25, 0.3) is 23.6 Å². The van der Waals surface area contributed by atoms with Crippen molar-refractivity contribution in [2.24, 2.45) is 0 Å². The van der Waals surface area contributed by atoms with E-state index in [2.05, 4.69) is 32.9 Å². The summed E-state index contributed by atoms with van der Waals surface area (Å²) in [7, 11) is -1.32. The van der Waals surface area contributed by atoms with Gasteiger partial charge in [0, 0.05) is 27.6 Å². The van der Waals surface area contributed by atoms with Crippen molar-refractivity contribution >= 4 is 64.7 Å². The van der Waals surface area contributed by atoms with Crippen LogP contribution in [0.5, 0.6) is 0 Å². The first kappa shape index (κ1) is 63.5. The second kappa shape index (κ2) is 24.5. The standard InChI is InChI=1S/C28H36BN3O4.C27H36BBrN2O4.CN.Na/c1-18-14-19(2)16-22(15-18)25(34)32(26(3,4)5)31-24(33)21-11-10-20(12-13-30)23(17-21)29-35-27(6,7)28(8,9)36-29;1-17-12-18(2)14-21(13-17)24(33)31(25(3,4)5)30-23(32)19-10-11-20(16-29)22(15-19)28-34-26(6,7)27(8,9)35-28;1-2;/h10-11,14-17H,12H2,1-9H3,(H,31,33);10-15H,16H2,1-9H3,(H,30,32);;/q;;-1;+1. The third kappa shape index (κ3) is 15.0. The van der Waals surface area contributed by atoms with Crippen LogP contribution in [-0.2, 0) is 30.4 Å². The van der Waals surface area contributed by atoms with Crippen LogP contribution < -0.4 is 51.3 Å². The fourth-order valence-electron chi connectivity index (χ4n) is 8.05. The third-order valence-corrected chi connectivity index (χ3v) is 14.0. The molecule has 0 aromatic heterocycles. The molecule has 0 spiro atoms. The molecule has 0 saturated carbocycles. The number of amides is 4. The number of hydrazine groups is 2. The van der Waals surface area contributed by atoms with Crippen molar-refractivity contribution in [2.45, 2.75) is 170 Å². The Morgan fingerprint density at radius 3 is 1.14 bits per heavy atom. The summed E-state index contributed by atoms with van der Waals surface area (Å²) in [6, 6.07) is 24.0. The van der Waals surface area contributed by atoms with E-state index in [0.717, 1.165) is 38.8 Å². The monoisotopic (exact) mass is 1080 g/mol. The van der Waals surface area contributed by atoms with Crippen LogP contribution in [0.25, 0.3) is 0 Å². The van der Waals surface area contributed by atoms with Crippen LogP contribution in [0.3, 0.4) is 0 Å². The van der Waals surface area contributed by atoms with Crippen LogP contribution >= 0.6 is 15.9 Å². The predicted molar refractivity (Wildman–Crippen MR) is 290 cm³/mol. The number of halogens is 1. The molecule has 0 bridgehead atoms. The molecule has 388 valence electrons. The van der Waals surface area contributed by atoms with Crippen molar-refractivity contribution in [3.63, 3.8) is 0 Å². The van der Waals surface area contributed by atoms with E-state index in [1.807, 2.05) is 167 Å². The van der Waals surface area contributed by atoms with Gasteiger partial charge >= 0.3 is 43.8 Å². The minimum absolute atomic E-state index is 0. The molecule has 2 saturated heterocycles. The quantitative estimate of drug-likeness (QED) is 0.0863. The molecule has 0 aliphatic carbocycles. The fraction of sp³-hybridized carbons (Fsp3) is 0.464. The molecule has 2 N–H and O–H groups in total. The molecular formula is C56H72B2BrN6NaO8. The predicted octanol–water partition coefficient (Wildman–Crippen LogP) is 6.44. The van der Waals surface area contributed by atoms with Gasteiger partial charge in [-0.3, -0.25) is 30.0 Å². The van der Waals surface area contributed by atoms with Gasteiger partial charge in [-0.2, -0.15) is 5.26 Å². The number of carbonyl (C=O) groups excluding carboxylic acids is 4. The first-order valence-electron chi connectivity index (χ1n) is 24.2. The van der Waals surface area contributed by atoms with Gasteiger partial charge in [0.15, 0.2) is 0 Å². The first-order chi connectivity index (χ1) is 33.6. The molecule has 0 unspecified atom stereocenters. The number of carbonyl (C=O) groups is 4. The van der Waals surface area contributed by atoms with Crippen LogP contribution in [0.15, 0.2) is 72.8 Å². The van der Waals surface area contributed by atoms with Crippen molar-refractivity contribution < 1.29 is 67.4 Å². The summed E-state index contributed by atoms with van der Waals surface area (Å²) >= 11 is 3.53. The smallest absolute Gasteiger partial charge is 0.512 e. The van der Waals surface area contributed by atoms with Gasteiger partial charge < -0.3 is 30.5 Å². The van der Waals surface area contributed by atoms with Gasteiger partial charge in [0.05, 0.1) is 46.0 Å². The first-order valence-corrected chi connectivity index (χ1v) is 25.3. The average Bonchev–Trinajstić information content (AvgIpc) is 3.64. The summed E-state index contributed by atoms with van der Waals surface area (Å²) in [6.07, 6.45) is 0.153. The molecular weight excluding hydrogens is 1010 g/mol. The van der Waals surface area contributed by atoms with Crippen molar-refractivity contribution in [2.75, 3.05) is 0 Å². The number of hydrogen-bond donors (Lipinski definition) is 2. The van der Waals surface area contributed by atoms with Crippen molar-refractivity contribution in [3.05, 3.63) is 135 Å². The largest absolute Gasteiger partial charge is 1.00 e. The Balaban J connectivity index is 0.000000373. The van der Waals surface area contributed by atoms with Gasteiger partial charge in [-0.05, 0) is 195 Å². The van der Waals surface area contributed by atoms with Gasteiger partial charge in [0.2, 0.25) is 0 Å². The zero-order chi connectivity index (χ0) is 55.4. The Morgan fingerprint density at radius 1 is 0.554 bits per heavy atom. The maximum Gasteiger partial charge on any atom is 1.00 e. The molecule has 4 aromatic rings. The van der Waals surface area contributed by atoms with E-state index in [1.54, 1.807) is 30.3 Å². The molecule has 4 amide bonds. The molecule has 2 heterocycles. The van der Waals surface area contributed by atoms with Gasteiger partial charge in [-0.1, -0.05) is 62.4 Å². The van der Waals surface area contributed by atoms with E-state index in [1.165, 1.54) is 10.0 Å². The number of rotatable bonds is 8. The Labute approximate surface area is 471 Å². The van der Waals surface area contributed by atoms with E-state index in [9.17, 15) is 24.4 Å². The van der Waals surface area contributed by atoms with Crippen molar-refractivity contribution in [1.29, 1.82) is 10.5 Å². The number of nitrogens with one attached hydrogen (secondary N) is 2. The second-order valence-corrected chi connectivity index (χ2v) is 23.3. The molecule has 2 fully saturated rings.